The maximum absolute atomic E-state index is 13.6. The van der Waals surface area contributed by atoms with Crippen molar-refractivity contribution in [1.29, 1.82) is 0 Å². The van der Waals surface area contributed by atoms with Gasteiger partial charge in [-0.2, -0.15) is 0 Å². The lowest BCUT2D eigenvalue weighted by Gasteiger charge is -2.37. The van der Waals surface area contributed by atoms with Crippen LogP contribution in [0.1, 0.15) is 44.6 Å². The smallest absolute Gasteiger partial charge is 0.126 e. The Kier molecular flexibility index (Phi) is 5.99. The zero-order valence-corrected chi connectivity index (χ0v) is 12.7. The molecule has 20 heavy (non-hydrogen) atoms. The first-order valence-corrected chi connectivity index (χ1v) is 7.94. The van der Waals surface area contributed by atoms with Gasteiger partial charge in [0.15, 0.2) is 0 Å². The molecule has 0 aliphatic heterocycles. The Bertz CT molecular complexity index is 402. The van der Waals surface area contributed by atoms with Crippen LogP contribution >= 0.6 is 0 Å². The van der Waals surface area contributed by atoms with Crippen LogP contribution in [-0.4, -0.2) is 37.1 Å². The number of nitrogens with one attached hydrogen (secondary N) is 1. The fraction of sp³-hybridized carbons (Fsp3) is 0.647. The molecule has 3 heteroatoms. The van der Waals surface area contributed by atoms with Crippen LogP contribution < -0.4 is 5.32 Å². The Labute approximate surface area is 122 Å². The third-order valence-electron chi connectivity index (χ3n) is 4.33. The predicted octanol–water partition coefficient (Wildman–Crippen LogP) is 3.39. The van der Waals surface area contributed by atoms with Crippen molar-refractivity contribution in [3.05, 3.63) is 35.6 Å². The van der Waals surface area contributed by atoms with E-state index in [0.29, 0.717) is 12.0 Å². The third-order valence-corrected chi connectivity index (χ3v) is 4.33. The lowest BCUT2D eigenvalue weighted by atomic mass is 9.75. The molecule has 112 valence electrons. The van der Waals surface area contributed by atoms with Crippen LogP contribution in [0.2, 0.25) is 0 Å². The molecule has 2 rings (SSSR count). The minimum absolute atomic E-state index is 0.0453. The van der Waals surface area contributed by atoms with Crippen LogP contribution in [0, 0.1) is 5.82 Å². The largest absolute Gasteiger partial charge is 0.313 e. The van der Waals surface area contributed by atoms with Crippen molar-refractivity contribution in [2.24, 2.45) is 0 Å². The molecular weight excluding hydrogens is 251 g/mol. The number of rotatable bonds is 8. The number of benzene rings is 1. The van der Waals surface area contributed by atoms with Crippen LogP contribution in [0.5, 0.6) is 0 Å². The molecule has 0 bridgehead atoms. The average molecular weight is 278 g/mol. The van der Waals surface area contributed by atoms with Crippen molar-refractivity contribution in [2.75, 3.05) is 26.2 Å². The molecular formula is C17H27FN2. The van der Waals surface area contributed by atoms with E-state index in [0.717, 1.165) is 38.0 Å². The Hall–Kier alpha value is -0.930. The van der Waals surface area contributed by atoms with Crippen LogP contribution in [-0.2, 0) is 0 Å². The molecule has 2 nitrogen and oxygen atoms in total. The summed E-state index contributed by atoms with van der Waals surface area (Å²) in [5.41, 5.74) is 0.895. The molecule has 1 aromatic rings. The molecule has 1 N–H and O–H groups in total. The van der Waals surface area contributed by atoms with Crippen LogP contribution in [0.3, 0.4) is 0 Å². The highest BCUT2D eigenvalue weighted by atomic mass is 19.1. The van der Waals surface area contributed by atoms with Crippen molar-refractivity contribution in [2.45, 2.75) is 45.1 Å². The average Bonchev–Trinajstić information content (AvgIpc) is 2.41. The highest BCUT2D eigenvalue weighted by Gasteiger charge is 2.31. The van der Waals surface area contributed by atoms with Crippen molar-refractivity contribution in [3.63, 3.8) is 0 Å². The molecule has 1 saturated carbocycles. The number of likely N-dealkylation sites (N-methyl/N-ethyl adjacent to an activating group) is 1. The molecule has 0 atom stereocenters. The van der Waals surface area contributed by atoms with E-state index in [2.05, 4.69) is 24.1 Å². The fourth-order valence-corrected chi connectivity index (χ4v) is 3.02. The molecule has 1 aliphatic carbocycles. The van der Waals surface area contributed by atoms with Crippen molar-refractivity contribution in [1.82, 2.24) is 10.2 Å². The summed E-state index contributed by atoms with van der Waals surface area (Å²) in [5, 5.41) is 3.60. The summed E-state index contributed by atoms with van der Waals surface area (Å²) < 4.78 is 13.6. The van der Waals surface area contributed by atoms with Crippen LogP contribution in [0.4, 0.5) is 4.39 Å². The van der Waals surface area contributed by atoms with E-state index >= 15 is 0 Å². The molecule has 0 saturated heterocycles. The second-order valence-electron chi connectivity index (χ2n) is 5.78. The molecule has 0 radical (unpaired) electrons. The molecule has 0 heterocycles. The summed E-state index contributed by atoms with van der Waals surface area (Å²) in [6, 6.07) is 7.76. The second-order valence-corrected chi connectivity index (χ2v) is 5.78. The number of halogens is 1. The lowest BCUT2D eigenvalue weighted by molar-refractivity contribution is 0.247. The normalized spacial score (nSPS) is 22.0. The quantitative estimate of drug-likeness (QED) is 0.784. The molecule has 0 spiro atoms. The minimum atomic E-state index is -0.0453. The summed E-state index contributed by atoms with van der Waals surface area (Å²) in [4.78, 5) is 2.47. The molecule has 0 aromatic heterocycles. The van der Waals surface area contributed by atoms with Gasteiger partial charge in [-0.25, -0.2) is 4.39 Å². The minimum Gasteiger partial charge on any atom is -0.313 e. The van der Waals surface area contributed by atoms with Gasteiger partial charge in [-0.3, -0.25) is 0 Å². The SMILES string of the molecule is CCCN(CC)CCNC1CC(c2ccccc2F)C1. The van der Waals surface area contributed by atoms with E-state index in [1.165, 1.54) is 13.0 Å². The van der Waals surface area contributed by atoms with Gasteiger partial charge >= 0.3 is 0 Å². The van der Waals surface area contributed by atoms with Gasteiger partial charge in [0.1, 0.15) is 5.82 Å². The number of hydrogen-bond acceptors (Lipinski definition) is 2. The van der Waals surface area contributed by atoms with Crippen LogP contribution in [0.25, 0.3) is 0 Å². The van der Waals surface area contributed by atoms with Gasteiger partial charge in [-0.1, -0.05) is 32.0 Å². The molecule has 1 aromatic carbocycles. The molecule has 1 aliphatic rings. The number of hydrogen-bond donors (Lipinski definition) is 1. The summed E-state index contributed by atoms with van der Waals surface area (Å²) in [7, 11) is 0. The van der Waals surface area contributed by atoms with Gasteiger partial charge in [0.25, 0.3) is 0 Å². The first-order chi connectivity index (χ1) is 9.74. The third kappa shape index (κ3) is 4.03. The van der Waals surface area contributed by atoms with E-state index in [4.69, 9.17) is 0 Å². The number of nitrogens with zero attached hydrogens (tertiary/aromatic N) is 1. The Morgan fingerprint density at radius 1 is 1.20 bits per heavy atom. The Morgan fingerprint density at radius 2 is 1.95 bits per heavy atom. The summed E-state index contributed by atoms with van der Waals surface area (Å²) in [6.07, 6.45) is 3.36. The first-order valence-electron chi connectivity index (χ1n) is 7.94. The van der Waals surface area contributed by atoms with Gasteiger partial charge < -0.3 is 10.2 Å². The second kappa shape index (κ2) is 7.75. The monoisotopic (exact) mass is 278 g/mol. The fourth-order valence-electron chi connectivity index (χ4n) is 3.02. The van der Waals surface area contributed by atoms with Crippen molar-refractivity contribution < 1.29 is 4.39 Å². The van der Waals surface area contributed by atoms with E-state index in [1.807, 2.05) is 12.1 Å². The van der Waals surface area contributed by atoms with E-state index in [9.17, 15) is 4.39 Å². The lowest BCUT2D eigenvalue weighted by Crippen LogP contribution is -2.43. The van der Waals surface area contributed by atoms with Gasteiger partial charge in [-0.05, 0) is 49.9 Å². The molecule has 0 amide bonds. The zero-order chi connectivity index (χ0) is 14.4. The summed E-state index contributed by atoms with van der Waals surface area (Å²) in [5.74, 6) is 0.364. The van der Waals surface area contributed by atoms with Gasteiger partial charge in [0.2, 0.25) is 0 Å². The highest BCUT2D eigenvalue weighted by molar-refractivity contribution is 5.24. The maximum atomic E-state index is 13.6. The zero-order valence-electron chi connectivity index (χ0n) is 12.7. The molecule has 1 fully saturated rings. The predicted molar refractivity (Wildman–Crippen MR) is 82.6 cm³/mol. The van der Waals surface area contributed by atoms with Gasteiger partial charge in [-0.15, -0.1) is 0 Å². The Balaban J connectivity index is 1.66. The summed E-state index contributed by atoms with van der Waals surface area (Å²) >= 11 is 0. The van der Waals surface area contributed by atoms with E-state index in [-0.39, 0.29) is 5.82 Å². The van der Waals surface area contributed by atoms with Crippen LogP contribution in [0.15, 0.2) is 24.3 Å². The van der Waals surface area contributed by atoms with Crippen molar-refractivity contribution in [3.8, 4) is 0 Å². The topological polar surface area (TPSA) is 15.3 Å². The highest BCUT2D eigenvalue weighted by Crippen LogP contribution is 2.37. The Morgan fingerprint density at radius 3 is 2.60 bits per heavy atom. The standard InChI is InChI=1S/C17H27FN2/c1-3-10-20(4-2)11-9-19-15-12-14(13-15)16-7-5-6-8-17(16)18/h5-8,14-15,19H,3-4,9-13H2,1-2H3. The first kappa shape index (κ1) is 15.5. The van der Waals surface area contributed by atoms with Crippen molar-refractivity contribution >= 4 is 0 Å². The molecule has 0 unspecified atom stereocenters. The maximum Gasteiger partial charge on any atom is 0.126 e. The summed E-state index contributed by atoms with van der Waals surface area (Å²) in [6.45, 7) is 8.90. The van der Waals surface area contributed by atoms with E-state index in [1.54, 1.807) is 12.1 Å². The van der Waals surface area contributed by atoms with Gasteiger partial charge in [0, 0.05) is 19.1 Å². The van der Waals surface area contributed by atoms with Gasteiger partial charge in [0.05, 0.1) is 0 Å². The van der Waals surface area contributed by atoms with E-state index < -0.39 is 0 Å².